The number of ketones is 1. The molecule has 2 amide bonds. The van der Waals surface area contributed by atoms with E-state index in [0.717, 1.165) is 0 Å². The molecule has 0 heterocycles. The van der Waals surface area contributed by atoms with E-state index in [0.29, 0.717) is 6.42 Å². The minimum Gasteiger partial charge on any atom is -0.370 e. The first-order valence-corrected chi connectivity index (χ1v) is 7.84. The largest absolute Gasteiger partial charge is 0.370 e. The van der Waals surface area contributed by atoms with Crippen LogP contribution in [0, 0.1) is 0 Å². The molecular formula is C14H26N8O4. The lowest BCUT2D eigenvalue weighted by molar-refractivity contribution is -0.134. The smallest absolute Gasteiger partial charge is 0.243 e. The highest BCUT2D eigenvalue weighted by atomic mass is 16.2. The van der Waals surface area contributed by atoms with Gasteiger partial charge in [0, 0.05) is 20.0 Å². The van der Waals surface area contributed by atoms with Crippen molar-refractivity contribution < 1.29 is 19.2 Å². The highest BCUT2D eigenvalue weighted by Crippen LogP contribution is 2.02. The van der Waals surface area contributed by atoms with E-state index in [1.165, 1.54) is 6.92 Å². The van der Waals surface area contributed by atoms with Crippen molar-refractivity contribution in [2.24, 2.45) is 32.9 Å². The fraction of sp³-hybridized carbons (Fsp3) is 0.571. The molecule has 10 N–H and O–H groups in total. The molecule has 0 fully saturated rings. The molecule has 0 aromatic rings. The summed E-state index contributed by atoms with van der Waals surface area (Å²) in [5.74, 6) is -2.13. The van der Waals surface area contributed by atoms with Gasteiger partial charge in [0.05, 0.1) is 6.04 Å². The maximum atomic E-state index is 12.4. The summed E-state index contributed by atoms with van der Waals surface area (Å²) in [5.41, 5.74) is 20.8. The van der Waals surface area contributed by atoms with Crippen LogP contribution in [0.15, 0.2) is 9.98 Å². The Morgan fingerprint density at radius 3 is 2.00 bits per heavy atom. The number of rotatable bonds is 12. The molecule has 2 atom stereocenters. The van der Waals surface area contributed by atoms with Crippen molar-refractivity contribution in [3.05, 3.63) is 0 Å². The van der Waals surface area contributed by atoms with Crippen molar-refractivity contribution in [3.8, 4) is 0 Å². The third-order valence-corrected chi connectivity index (χ3v) is 3.13. The Balaban J connectivity index is 4.92. The first kappa shape index (κ1) is 22.8. The number of hydrogen-bond acceptors (Lipinski definition) is 6. The van der Waals surface area contributed by atoms with E-state index >= 15 is 0 Å². The number of hydrogen-bond donors (Lipinski definition) is 6. The fourth-order valence-corrected chi connectivity index (χ4v) is 1.98. The Morgan fingerprint density at radius 1 is 0.923 bits per heavy atom. The predicted octanol–water partition coefficient (Wildman–Crippen LogP) is -3.54. The third kappa shape index (κ3) is 10.6. The summed E-state index contributed by atoms with van der Waals surface area (Å²) in [6, 6.07) is -2.01. The first-order chi connectivity index (χ1) is 12.2. The highest BCUT2D eigenvalue weighted by Gasteiger charge is 2.25. The molecular weight excluding hydrogens is 344 g/mol. The van der Waals surface area contributed by atoms with Crippen LogP contribution in [0.4, 0.5) is 0 Å². The van der Waals surface area contributed by atoms with Gasteiger partial charge in [-0.1, -0.05) is 0 Å². The minimum absolute atomic E-state index is 0.0298. The molecule has 0 saturated carbocycles. The Labute approximate surface area is 150 Å². The lowest BCUT2D eigenvalue weighted by Gasteiger charge is -2.21. The van der Waals surface area contributed by atoms with Crippen LogP contribution in [0.25, 0.3) is 0 Å². The number of Topliss-reactive ketones (excluding diaryl/α,β-unsaturated/α-hetero) is 1. The minimum atomic E-state index is -1.10. The van der Waals surface area contributed by atoms with E-state index in [4.69, 9.17) is 22.9 Å². The molecule has 12 heteroatoms. The number of nitrogens with two attached hydrogens (primary N) is 4. The maximum Gasteiger partial charge on any atom is 0.243 e. The van der Waals surface area contributed by atoms with Crippen LogP contribution in [0.5, 0.6) is 0 Å². The van der Waals surface area contributed by atoms with Gasteiger partial charge < -0.3 is 33.6 Å². The molecule has 0 radical (unpaired) electrons. The fourth-order valence-electron chi connectivity index (χ4n) is 1.98. The first-order valence-electron chi connectivity index (χ1n) is 7.84. The summed E-state index contributed by atoms with van der Waals surface area (Å²) in [5, 5.41) is 4.90. The average molecular weight is 370 g/mol. The van der Waals surface area contributed by atoms with E-state index < -0.39 is 29.7 Å². The Hall–Kier alpha value is -3.18. The lowest BCUT2D eigenvalue weighted by atomic mass is 10.1. The topological polar surface area (TPSA) is 221 Å². The van der Waals surface area contributed by atoms with Gasteiger partial charge in [-0.2, -0.15) is 0 Å². The van der Waals surface area contributed by atoms with E-state index in [2.05, 4.69) is 20.6 Å². The van der Waals surface area contributed by atoms with Gasteiger partial charge in [0.15, 0.2) is 18.2 Å². The van der Waals surface area contributed by atoms with Gasteiger partial charge in [0.2, 0.25) is 17.6 Å². The number of nitrogens with zero attached hydrogens (tertiary/aromatic N) is 2. The molecule has 12 nitrogen and oxygen atoms in total. The highest BCUT2D eigenvalue weighted by molar-refractivity contribution is 6.28. The third-order valence-electron chi connectivity index (χ3n) is 3.13. The van der Waals surface area contributed by atoms with Crippen molar-refractivity contribution in [3.63, 3.8) is 0 Å². The zero-order valence-corrected chi connectivity index (χ0v) is 14.6. The van der Waals surface area contributed by atoms with Gasteiger partial charge in [0.1, 0.15) is 6.04 Å². The van der Waals surface area contributed by atoms with Gasteiger partial charge in [-0.05, 0) is 19.3 Å². The van der Waals surface area contributed by atoms with Crippen molar-refractivity contribution in [1.82, 2.24) is 10.6 Å². The maximum absolute atomic E-state index is 12.4. The number of aldehydes is 1. The summed E-state index contributed by atoms with van der Waals surface area (Å²) in [4.78, 5) is 53.6. The second-order valence-corrected chi connectivity index (χ2v) is 5.38. The van der Waals surface area contributed by atoms with Gasteiger partial charge >= 0.3 is 0 Å². The SMILES string of the molecule is CC(=O)N[C@@H](CCCN=C(N)N)C(=O)N[C@@H](CCN=C(N)N)C(=O)C=O. The van der Waals surface area contributed by atoms with Crippen LogP contribution in [0.3, 0.4) is 0 Å². The quantitative estimate of drug-likeness (QED) is 0.0662. The molecule has 0 aliphatic carbocycles. The Kier molecular flexibility index (Phi) is 10.7. The van der Waals surface area contributed by atoms with Crippen molar-refractivity contribution >= 4 is 35.8 Å². The molecule has 0 saturated heterocycles. The summed E-state index contributed by atoms with van der Waals surface area (Å²) >= 11 is 0. The lowest BCUT2D eigenvalue weighted by Crippen LogP contribution is -2.51. The van der Waals surface area contributed by atoms with Crippen molar-refractivity contribution in [2.75, 3.05) is 13.1 Å². The average Bonchev–Trinajstić information content (AvgIpc) is 2.54. The van der Waals surface area contributed by atoms with Gasteiger partial charge in [-0.25, -0.2) is 0 Å². The molecule has 0 unspecified atom stereocenters. The Morgan fingerprint density at radius 2 is 1.50 bits per heavy atom. The summed E-state index contributed by atoms with van der Waals surface area (Å²) in [7, 11) is 0. The van der Waals surface area contributed by atoms with Crippen molar-refractivity contribution in [2.45, 2.75) is 38.3 Å². The van der Waals surface area contributed by atoms with Crippen LogP contribution < -0.4 is 33.6 Å². The van der Waals surface area contributed by atoms with Crippen LogP contribution in [-0.4, -0.2) is 61.0 Å². The van der Waals surface area contributed by atoms with Gasteiger partial charge in [-0.15, -0.1) is 0 Å². The standard InChI is InChI=1S/C14H26N8O4/c1-8(24)21-10(3-2-5-19-13(15)16)12(26)22-9(11(25)7-23)4-6-20-14(17)18/h7,9-10H,2-6H2,1H3,(H,21,24)(H,22,26)(H4,15,16,19)(H4,17,18,20)/t9-,10-/m0/s1. The molecule has 0 rings (SSSR count). The molecule has 0 aromatic heterocycles. The van der Waals surface area contributed by atoms with E-state index in [1.54, 1.807) is 0 Å². The van der Waals surface area contributed by atoms with Crippen LogP contribution in [0.1, 0.15) is 26.2 Å². The van der Waals surface area contributed by atoms with Crippen LogP contribution in [0.2, 0.25) is 0 Å². The number of guanidine groups is 2. The summed E-state index contributed by atoms with van der Waals surface area (Å²) < 4.78 is 0. The summed E-state index contributed by atoms with van der Waals surface area (Å²) in [6.07, 6.45) is 0.781. The molecule has 0 aromatic carbocycles. The number of carbonyl (C=O) groups is 4. The molecule has 0 spiro atoms. The van der Waals surface area contributed by atoms with E-state index in [-0.39, 0.29) is 44.1 Å². The predicted molar refractivity (Wildman–Crippen MR) is 95.8 cm³/mol. The number of amides is 2. The van der Waals surface area contributed by atoms with E-state index in [1.807, 2.05) is 0 Å². The number of nitrogens with one attached hydrogen (secondary N) is 2. The second-order valence-electron chi connectivity index (χ2n) is 5.38. The van der Waals surface area contributed by atoms with Crippen molar-refractivity contribution in [1.29, 1.82) is 0 Å². The van der Waals surface area contributed by atoms with Crippen LogP contribution >= 0.6 is 0 Å². The monoisotopic (exact) mass is 370 g/mol. The number of aliphatic imine (C=N–C) groups is 2. The second kappa shape index (κ2) is 12.2. The molecule has 146 valence electrons. The van der Waals surface area contributed by atoms with Gasteiger partial charge in [-0.3, -0.25) is 29.2 Å². The Bertz CT molecular complexity index is 567. The molecule has 0 aliphatic heterocycles. The molecule has 0 bridgehead atoms. The van der Waals surface area contributed by atoms with E-state index in [9.17, 15) is 19.2 Å². The molecule has 26 heavy (non-hydrogen) atoms. The summed E-state index contributed by atoms with van der Waals surface area (Å²) in [6.45, 7) is 1.57. The zero-order valence-electron chi connectivity index (χ0n) is 14.6. The normalized spacial score (nSPS) is 12.2. The molecule has 0 aliphatic rings. The van der Waals surface area contributed by atoms with Gasteiger partial charge in [0.25, 0.3) is 0 Å². The van der Waals surface area contributed by atoms with Crippen LogP contribution in [-0.2, 0) is 19.2 Å². The number of carbonyl (C=O) groups excluding carboxylic acids is 4. The zero-order chi connectivity index (χ0) is 20.1.